The molecule has 1 aliphatic rings. The normalized spacial score (nSPS) is 19.0. The second-order valence-corrected chi connectivity index (χ2v) is 4.24. The third kappa shape index (κ3) is 2.74. The second-order valence-electron chi connectivity index (χ2n) is 4.24. The molecule has 1 unspecified atom stereocenters. The Balaban J connectivity index is 1.93. The summed E-state index contributed by atoms with van der Waals surface area (Å²) in [4.78, 5) is 19.1. The van der Waals surface area contributed by atoms with Gasteiger partial charge in [-0.3, -0.25) is 14.7 Å². The van der Waals surface area contributed by atoms with Gasteiger partial charge in [-0.05, 0) is 19.1 Å². The van der Waals surface area contributed by atoms with Crippen molar-refractivity contribution in [2.45, 2.75) is 13.0 Å². The van der Waals surface area contributed by atoms with Gasteiger partial charge in [-0.2, -0.15) is 0 Å². The molecular formula is C12H17N3O2. The lowest BCUT2D eigenvalue weighted by Crippen LogP contribution is -2.51. The molecule has 0 radical (unpaired) electrons. The molecule has 0 aromatic carbocycles. The van der Waals surface area contributed by atoms with Crippen LogP contribution < -0.4 is 4.90 Å². The zero-order valence-electron chi connectivity index (χ0n) is 9.91. The van der Waals surface area contributed by atoms with Gasteiger partial charge in [0, 0.05) is 44.3 Å². The number of piperazine rings is 1. The maximum Gasteiger partial charge on any atom is 0.320 e. The van der Waals surface area contributed by atoms with Crippen LogP contribution >= 0.6 is 0 Å². The minimum absolute atomic E-state index is 0.394. The molecule has 0 amide bonds. The van der Waals surface area contributed by atoms with Gasteiger partial charge in [0.25, 0.3) is 0 Å². The minimum Gasteiger partial charge on any atom is -0.480 e. The first-order valence-corrected chi connectivity index (χ1v) is 5.80. The molecule has 1 saturated heterocycles. The van der Waals surface area contributed by atoms with Crippen LogP contribution in [0.1, 0.15) is 6.92 Å². The number of hydrogen-bond acceptors (Lipinski definition) is 4. The highest BCUT2D eigenvalue weighted by atomic mass is 16.4. The summed E-state index contributed by atoms with van der Waals surface area (Å²) in [6.45, 7) is 5.04. The quantitative estimate of drug-likeness (QED) is 0.834. The maximum atomic E-state index is 10.9. The largest absolute Gasteiger partial charge is 0.480 e. The van der Waals surface area contributed by atoms with Crippen molar-refractivity contribution in [3.63, 3.8) is 0 Å². The number of rotatable bonds is 3. The monoisotopic (exact) mass is 235 g/mol. The Morgan fingerprint density at radius 2 is 1.88 bits per heavy atom. The summed E-state index contributed by atoms with van der Waals surface area (Å²) in [7, 11) is 0. The van der Waals surface area contributed by atoms with E-state index in [4.69, 9.17) is 5.11 Å². The van der Waals surface area contributed by atoms with Crippen molar-refractivity contribution in [2.24, 2.45) is 0 Å². The van der Waals surface area contributed by atoms with Crippen molar-refractivity contribution in [3.8, 4) is 0 Å². The highest BCUT2D eigenvalue weighted by Crippen LogP contribution is 2.15. The molecule has 1 fully saturated rings. The first-order valence-electron chi connectivity index (χ1n) is 5.80. The van der Waals surface area contributed by atoms with E-state index < -0.39 is 12.0 Å². The van der Waals surface area contributed by atoms with Crippen LogP contribution in [0, 0.1) is 0 Å². The molecule has 17 heavy (non-hydrogen) atoms. The molecule has 1 aromatic heterocycles. The van der Waals surface area contributed by atoms with Gasteiger partial charge in [0.05, 0.1) is 0 Å². The van der Waals surface area contributed by atoms with Crippen LogP contribution in [0.5, 0.6) is 0 Å². The van der Waals surface area contributed by atoms with Gasteiger partial charge in [0.2, 0.25) is 0 Å². The zero-order chi connectivity index (χ0) is 12.3. The molecule has 1 aromatic rings. The summed E-state index contributed by atoms with van der Waals surface area (Å²) >= 11 is 0. The number of aliphatic carboxylic acids is 1. The maximum absolute atomic E-state index is 10.9. The number of carbonyl (C=O) groups is 1. The lowest BCUT2D eigenvalue weighted by molar-refractivity contribution is -0.142. The van der Waals surface area contributed by atoms with E-state index >= 15 is 0 Å². The van der Waals surface area contributed by atoms with Crippen molar-refractivity contribution in [3.05, 3.63) is 24.5 Å². The minimum atomic E-state index is -0.748. The van der Waals surface area contributed by atoms with Crippen molar-refractivity contribution in [1.82, 2.24) is 9.88 Å². The number of pyridine rings is 1. The Hall–Kier alpha value is -1.62. The molecule has 5 heteroatoms. The van der Waals surface area contributed by atoms with E-state index in [1.54, 1.807) is 19.3 Å². The van der Waals surface area contributed by atoms with Gasteiger partial charge in [-0.15, -0.1) is 0 Å². The van der Waals surface area contributed by atoms with Crippen LogP contribution in [0.25, 0.3) is 0 Å². The Morgan fingerprint density at radius 3 is 2.41 bits per heavy atom. The number of hydrogen-bond donors (Lipinski definition) is 1. The fourth-order valence-corrected chi connectivity index (χ4v) is 2.08. The van der Waals surface area contributed by atoms with Gasteiger partial charge >= 0.3 is 5.97 Å². The SMILES string of the molecule is CC(C(=O)O)N1CCN(c2ccncc2)CC1. The third-order valence-electron chi connectivity index (χ3n) is 3.25. The first kappa shape index (κ1) is 11.9. The van der Waals surface area contributed by atoms with Crippen LogP contribution in [-0.2, 0) is 4.79 Å². The standard InChI is InChI=1S/C12H17N3O2/c1-10(12(16)17)14-6-8-15(9-7-14)11-2-4-13-5-3-11/h2-5,10H,6-9H2,1H3,(H,16,17). The van der Waals surface area contributed by atoms with Gasteiger partial charge in [0.15, 0.2) is 0 Å². The van der Waals surface area contributed by atoms with Gasteiger partial charge in [0.1, 0.15) is 6.04 Å². The number of carboxylic acid groups (broad SMARTS) is 1. The Labute approximate surface area is 101 Å². The smallest absolute Gasteiger partial charge is 0.320 e. The number of anilines is 1. The predicted octanol–water partition coefficient (Wildman–Crippen LogP) is 0.677. The van der Waals surface area contributed by atoms with E-state index in [2.05, 4.69) is 9.88 Å². The lowest BCUT2D eigenvalue weighted by atomic mass is 10.2. The Morgan fingerprint density at radius 1 is 1.29 bits per heavy atom. The van der Waals surface area contributed by atoms with Gasteiger partial charge in [-0.25, -0.2) is 0 Å². The van der Waals surface area contributed by atoms with Crippen molar-refractivity contribution in [1.29, 1.82) is 0 Å². The summed E-state index contributed by atoms with van der Waals surface area (Å²) < 4.78 is 0. The third-order valence-corrected chi connectivity index (χ3v) is 3.25. The van der Waals surface area contributed by atoms with Crippen LogP contribution in [0.4, 0.5) is 5.69 Å². The van der Waals surface area contributed by atoms with E-state index in [1.807, 2.05) is 17.0 Å². The number of carboxylic acids is 1. The van der Waals surface area contributed by atoms with Crippen LogP contribution in [-0.4, -0.2) is 53.2 Å². The van der Waals surface area contributed by atoms with Crippen LogP contribution in [0.2, 0.25) is 0 Å². The molecule has 2 rings (SSSR count). The average molecular weight is 235 g/mol. The van der Waals surface area contributed by atoms with E-state index in [0.29, 0.717) is 0 Å². The van der Waals surface area contributed by atoms with E-state index in [9.17, 15) is 4.79 Å². The Kier molecular flexibility index (Phi) is 3.58. The number of aromatic nitrogens is 1. The summed E-state index contributed by atoms with van der Waals surface area (Å²) in [5.41, 5.74) is 1.16. The Bertz CT molecular complexity index is 375. The van der Waals surface area contributed by atoms with E-state index in [-0.39, 0.29) is 0 Å². The number of nitrogens with zero attached hydrogens (tertiary/aromatic N) is 3. The van der Waals surface area contributed by atoms with E-state index in [0.717, 1.165) is 31.9 Å². The molecular weight excluding hydrogens is 218 g/mol. The topological polar surface area (TPSA) is 56.7 Å². The van der Waals surface area contributed by atoms with Crippen LogP contribution in [0.3, 0.4) is 0 Å². The highest BCUT2D eigenvalue weighted by molar-refractivity contribution is 5.72. The van der Waals surface area contributed by atoms with Crippen molar-refractivity contribution < 1.29 is 9.90 Å². The summed E-state index contributed by atoms with van der Waals surface area (Å²) in [6.07, 6.45) is 3.56. The average Bonchev–Trinajstić information content (AvgIpc) is 2.39. The van der Waals surface area contributed by atoms with Crippen molar-refractivity contribution >= 4 is 11.7 Å². The predicted molar refractivity (Wildman–Crippen MR) is 65.1 cm³/mol. The fraction of sp³-hybridized carbons (Fsp3) is 0.500. The fourth-order valence-electron chi connectivity index (χ4n) is 2.08. The molecule has 2 heterocycles. The molecule has 1 N–H and O–H groups in total. The molecule has 5 nitrogen and oxygen atoms in total. The lowest BCUT2D eigenvalue weighted by Gasteiger charge is -2.37. The van der Waals surface area contributed by atoms with Gasteiger partial charge in [-0.1, -0.05) is 0 Å². The summed E-state index contributed by atoms with van der Waals surface area (Å²) in [6, 6.07) is 3.57. The van der Waals surface area contributed by atoms with E-state index in [1.165, 1.54) is 0 Å². The molecule has 92 valence electrons. The molecule has 0 bridgehead atoms. The second kappa shape index (κ2) is 5.14. The van der Waals surface area contributed by atoms with Crippen molar-refractivity contribution in [2.75, 3.05) is 31.1 Å². The first-order chi connectivity index (χ1) is 8.18. The molecule has 1 atom stereocenters. The summed E-state index contributed by atoms with van der Waals surface area (Å²) in [5.74, 6) is -0.748. The van der Waals surface area contributed by atoms with Gasteiger partial charge < -0.3 is 10.0 Å². The zero-order valence-corrected chi connectivity index (χ0v) is 9.91. The summed E-state index contributed by atoms with van der Waals surface area (Å²) in [5, 5.41) is 8.95. The molecule has 1 aliphatic heterocycles. The molecule has 0 saturated carbocycles. The highest BCUT2D eigenvalue weighted by Gasteiger charge is 2.24. The van der Waals surface area contributed by atoms with Crippen LogP contribution in [0.15, 0.2) is 24.5 Å². The molecule has 0 spiro atoms. The molecule has 0 aliphatic carbocycles.